The minimum absolute atomic E-state index is 0.00404. The van der Waals surface area contributed by atoms with Gasteiger partial charge in [0.05, 0.1) is 11.6 Å². The Morgan fingerprint density at radius 1 is 1.18 bits per heavy atom. The number of benzene rings is 1. The van der Waals surface area contributed by atoms with Gasteiger partial charge in [0.25, 0.3) is 0 Å². The molecule has 1 aliphatic rings. The highest BCUT2D eigenvalue weighted by Gasteiger charge is 2.26. The van der Waals surface area contributed by atoms with Crippen molar-refractivity contribution in [1.29, 1.82) is 0 Å². The molecule has 22 heavy (non-hydrogen) atoms. The Kier molecular flexibility index (Phi) is 4.61. The van der Waals surface area contributed by atoms with Crippen LogP contribution in [0, 0.1) is 5.92 Å². The molecule has 1 atom stereocenters. The summed E-state index contributed by atoms with van der Waals surface area (Å²) in [6, 6.07) is 6.03. The van der Waals surface area contributed by atoms with Crippen LogP contribution in [0.1, 0.15) is 5.56 Å². The summed E-state index contributed by atoms with van der Waals surface area (Å²) in [5, 5.41) is 18.6. The third-order valence-electron chi connectivity index (χ3n) is 2.98. The molecule has 0 bridgehead atoms. The summed E-state index contributed by atoms with van der Waals surface area (Å²) in [5.41, 5.74) is 0.461. The quantitative estimate of drug-likeness (QED) is 0.624. The van der Waals surface area contributed by atoms with Crippen molar-refractivity contribution in [3.8, 4) is 5.75 Å². The summed E-state index contributed by atoms with van der Waals surface area (Å²) >= 11 is 0. The van der Waals surface area contributed by atoms with Gasteiger partial charge in [0, 0.05) is 12.5 Å². The van der Waals surface area contributed by atoms with Gasteiger partial charge in [-0.3, -0.25) is 4.79 Å². The lowest BCUT2D eigenvalue weighted by molar-refractivity contribution is -0.119. The number of phenols is 1. The van der Waals surface area contributed by atoms with Gasteiger partial charge in [-0.15, -0.1) is 0 Å². The minimum atomic E-state index is -4.71. The van der Waals surface area contributed by atoms with E-state index >= 15 is 0 Å². The zero-order valence-electron chi connectivity index (χ0n) is 11.3. The van der Waals surface area contributed by atoms with Gasteiger partial charge in [0.15, 0.2) is 0 Å². The third kappa shape index (κ3) is 4.39. The summed E-state index contributed by atoms with van der Waals surface area (Å²) in [7, 11) is -4.71. The average molecular weight is 323 g/mol. The van der Waals surface area contributed by atoms with E-state index in [0.717, 1.165) is 6.08 Å². The molecule has 1 aromatic carbocycles. The van der Waals surface area contributed by atoms with Crippen LogP contribution in [0.3, 0.4) is 0 Å². The molecule has 0 saturated carbocycles. The Bertz CT molecular complexity index is 713. The van der Waals surface area contributed by atoms with Crippen LogP contribution in [0.25, 0.3) is 0 Å². The van der Waals surface area contributed by atoms with E-state index in [1.54, 1.807) is 12.1 Å². The average Bonchev–Trinajstić information content (AvgIpc) is 2.39. The van der Waals surface area contributed by atoms with E-state index in [2.05, 4.69) is 4.76 Å². The van der Waals surface area contributed by atoms with E-state index in [1.165, 1.54) is 24.3 Å². The van der Waals surface area contributed by atoms with E-state index in [1.807, 2.05) is 0 Å². The predicted molar refractivity (Wildman–Crippen MR) is 79.6 cm³/mol. The lowest BCUT2D eigenvalue weighted by Gasteiger charge is -2.16. The van der Waals surface area contributed by atoms with Crippen LogP contribution in [0.2, 0.25) is 0 Å². The molecule has 8 heteroatoms. The van der Waals surface area contributed by atoms with Gasteiger partial charge < -0.3 is 20.0 Å². The predicted octanol–water partition coefficient (Wildman–Crippen LogP) is 1.67. The Balaban J connectivity index is 2.23. The van der Waals surface area contributed by atoms with Crippen LogP contribution in [0.15, 0.2) is 53.0 Å². The number of aromatic hydroxyl groups is 1. The first kappa shape index (κ1) is 16.2. The molecule has 0 aromatic heterocycles. The van der Waals surface area contributed by atoms with Gasteiger partial charge in [-0.2, -0.15) is 4.76 Å². The first-order chi connectivity index (χ1) is 10.2. The second-order valence-electron chi connectivity index (χ2n) is 4.75. The molecule has 0 saturated heterocycles. The first-order valence-corrected chi connectivity index (χ1v) is 7.86. The molecule has 0 radical (unpaired) electrons. The van der Waals surface area contributed by atoms with E-state index in [-0.39, 0.29) is 29.4 Å². The summed E-state index contributed by atoms with van der Waals surface area (Å²) in [5.74, 6) is -1.44. The Hall–Kier alpha value is -2.21. The van der Waals surface area contributed by atoms with Crippen molar-refractivity contribution in [3.05, 3.63) is 53.8 Å². The van der Waals surface area contributed by atoms with Crippen LogP contribution >= 0.6 is 7.75 Å². The van der Waals surface area contributed by atoms with E-state index in [0.29, 0.717) is 5.56 Å². The highest BCUT2D eigenvalue weighted by atomic mass is 31.2. The number of ketones is 1. The monoisotopic (exact) mass is 323 g/mol. The molecule has 0 heterocycles. The van der Waals surface area contributed by atoms with E-state index in [9.17, 15) is 19.6 Å². The molecule has 0 fully saturated rings. The van der Waals surface area contributed by atoms with Gasteiger partial charge in [-0.1, -0.05) is 18.2 Å². The molecule has 4 N–H and O–H groups in total. The van der Waals surface area contributed by atoms with Gasteiger partial charge in [0.2, 0.25) is 0 Å². The van der Waals surface area contributed by atoms with Crippen LogP contribution in [-0.2, 0) is 15.8 Å². The standard InChI is InChI=1S/C14H14NO6P/c16-10-3-1-9(2-4-10)7-14(18)12-6-5-11(17)8-13(12)15-22(19,20)21/h1-6,8,12,16-17H,7H2,(H2,19,20,21)/b15-13+. The number of rotatable bonds is 4. The normalized spacial score (nSPS) is 20.0. The maximum absolute atomic E-state index is 12.3. The van der Waals surface area contributed by atoms with Crippen molar-refractivity contribution < 1.29 is 29.4 Å². The lowest BCUT2D eigenvalue weighted by Crippen LogP contribution is -2.25. The van der Waals surface area contributed by atoms with Gasteiger partial charge in [-0.05, 0) is 23.8 Å². The van der Waals surface area contributed by atoms with Crippen molar-refractivity contribution in [2.75, 3.05) is 0 Å². The zero-order valence-corrected chi connectivity index (χ0v) is 12.2. The summed E-state index contributed by atoms with van der Waals surface area (Å²) in [4.78, 5) is 30.1. The van der Waals surface area contributed by atoms with E-state index < -0.39 is 13.7 Å². The second-order valence-corrected chi connectivity index (χ2v) is 5.98. The number of phenolic OH excluding ortho intramolecular Hbond substituents is 1. The number of hydrogen-bond acceptors (Lipinski definition) is 4. The fourth-order valence-corrected chi connectivity index (χ4v) is 2.50. The fourth-order valence-electron chi connectivity index (χ4n) is 2.02. The highest BCUT2D eigenvalue weighted by molar-refractivity contribution is 7.50. The van der Waals surface area contributed by atoms with Crippen molar-refractivity contribution in [2.45, 2.75) is 6.42 Å². The number of hydrogen-bond donors (Lipinski definition) is 4. The van der Waals surface area contributed by atoms with Crippen LogP contribution in [-0.4, -0.2) is 31.5 Å². The van der Waals surface area contributed by atoms with Gasteiger partial charge in [-0.25, -0.2) is 4.57 Å². The van der Waals surface area contributed by atoms with Crippen LogP contribution in [0.4, 0.5) is 0 Å². The molecule has 0 aliphatic heterocycles. The third-order valence-corrected chi connectivity index (χ3v) is 3.47. The van der Waals surface area contributed by atoms with Crippen molar-refractivity contribution in [1.82, 2.24) is 0 Å². The first-order valence-electron chi connectivity index (χ1n) is 6.30. The fraction of sp³-hybridized carbons (Fsp3) is 0.143. The zero-order chi connectivity index (χ0) is 16.3. The topological polar surface area (TPSA) is 127 Å². The lowest BCUT2D eigenvalue weighted by atomic mass is 9.90. The SMILES string of the molecule is O=C(Cc1ccc(O)cc1)C1C=CC(O)=C/C1=N\P(=O)(O)O. The summed E-state index contributed by atoms with van der Waals surface area (Å²) in [6.07, 6.45) is 3.67. The van der Waals surface area contributed by atoms with Crippen LogP contribution in [0.5, 0.6) is 5.75 Å². The number of nitrogens with zero attached hydrogens (tertiary/aromatic N) is 1. The molecule has 1 aliphatic carbocycles. The summed E-state index contributed by atoms with van der Waals surface area (Å²) in [6.45, 7) is 0. The number of carbonyl (C=O) groups excluding carboxylic acids is 1. The number of aliphatic hydroxyl groups excluding tert-OH is 1. The van der Waals surface area contributed by atoms with Crippen molar-refractivity contribution >= 4 is 19.2 Å². The number of allylic oxidation sites excluding steroid dienone is 3. The molecular formula is C14H14NO6P. The van der Waals surface area contributed by atoms with E-state index in [4.69, 9.17) is 9.79 Å². The molecule has 2 rings (SSSR count). The summed E-state index contributed by atoms with van der Waals surface area (Å²) < 4.78 is 14.2. The van der Waals surface area contributed by atoms with Crippen molar-refractivity contribution in [2.24, 2.45) is 10.7 Å². The molecule has 7 nitrogen and oxygen atoms in total. The molecule has 0 spiro atoms. The Morgan fingerprint density at radius 3 is 2.41 bits per heavy atom. The number of aliphatic hydroxyl groups is 1. The highest BCUT2D eigenvalue weighted by Crippen LogP contribution is 2.38. The molecule has 1 aromatic rings. The smallest absolute Gasteiger partial charge is 0.448 e. The van der Waals surface area contributed by atoms with Gasteiger partial charge in [0.1, 0.15) is 17.3 Å². The molecule has 1 unspecified atom stereocenters. The Labute approximate surface area is 126 Å². The maximum Gasteiger partial charge on any atom is 0.448 e. The molecular weight excluding hydrogens is 309 g/mol. The minimum Gasteiger partial charge on any atom is -0.508 e. The van der Waals surface area contributed by atoms with Crippen molar-refractivity contribution in [3.63, 3.8) is 0 Å². The Morgan fingerprint density at radius 2 is 1.82 bits per heavy atom. The maximum atomic E-state index is 12.3. The molecule has 0 amide bonds. The number of carbonyl (C=O) groups is 1. The molecule has 116 valence electrons. The number of Topliss-reactive ketones (excluding diaryl/α,β-unsaturated/α-hetero) is 1. The van der Waals surface area contributed by atoms with Gasteiger partial charge >= 0.3 is 7.75 Å². The second kappa shape index (κ2) is 6.27. The van der Waals surface area contributed by atoms with Crippen LogP contribution < -0.4 is 0 Å². The largest absolute Gasteiger partial charge is 0.508 e.